The molecule has 1 fully saturated rings. The van der Waals surface area contributed by atoms with Gasteiger partial charge in [0.15, 0.2) is 0 Å². The standard InChI is InChI=1S/C13H11BrFN3O2S/c14-9-3-7(12-17-5-10(21-12)13(19)20)4-16-11(9)18-2-1-8(15)6-18/h3-5,8H,1-2,6H2,(H,19,20)/t8-/m1/s1. The number of aromatic carboxylic acids is 1. The van der Waals surface area contributed by atoms with E-state index in [-0.39, 0.29) is 4.88 Å². The van der Waals surface area contributed by atoms with Crippen LogP contribution >= 0.6 is 27.3 Å². The highest BCUT2D eigenvalue weighted by Gasteiger charge is 2.24. The van der Waals surface area contributed by atoms with Gasteiger partial charge in [-0.05, 0) is 28.4 Å². The maximum Gasteiger partial charge on any atom is 0.347 e. The van der Waals surface area contributed by atoms with Crippen LogP contribution in [0.15, 0.2) is 22.9 Å². The third-order valence-electron chi connectivity index (χ3n) is 3.22. The van der Waals surface area contributed by atoms with Gasteiger partial charge in [-0.2, -0.15) is 0 Å². The zero-order chi connectivity index (χ0) is 15.0. The Morgan fingerprint density at radius 2 is 2.29 bits per heavy atom. The predicted octanol–water partition coefficient (Wildman–Crippen LogP) is 3.21. The fourth-order valence-electron chi connectivity index (χ4n) is 2.20. The number of nitrogens with zero attached hydrogens (tertiary/aromatic N) is 3. The summed E-state index contributed by atoms with van der Waals surface area (Å²) in [6.45, 7) is 0.998. The second-order valence-corrected chi connectivity index (χ2v) is 6.58. The number of hydrogen-bond acceptors (Lipinski definition) is 5. The van der Waals surface area contributed by atoms with E-state index in [2.05, 4.69) is 25.9 Å². The Hall–Kier alpha value is -1.54. The van der Waals surface area contributed by atoms with Crippen LogP contribution in [0.1, 0.15) is 16.1 Å². The molecule has 0 radical (unpaired) electrons. The lowest BCUT2D eigenvalue weighted by Crippen LogP contribution is -2.21. The van der Waals surface area contributed by atoms with Crippen molar-refractivity contribution >= 4 is 39.1 Å². The van der Waals surface area contributed by atoms with E-state index in [4.69, 9.17) is 5.11 Å². The van der Waals surface area contributed by atoms with Crippen molar-refractivity contribution in [3.63, 3.8) is 0 Å². The monoisotopic (exact) mass is 371 g/mol. The largest absolute Gasteiger partial charge is 0.477 e. The lowest BCUT2D eigenvalue weighted by atomic mass is 10.3. The van der Waals surface area contributed by atoms with Crippen LogP contribution in [-0.4, -0.2) is 40.3 Å². The van der Waals surface area contributed by atoms with Crippen LogP contribution in [-0.2, 0) is 0 Å². The van der Waals surface area contributed by atoms with Crippen molar-refractivity contribution in [3.05, 3.63) is 27.8 Å². The van der Waals surface area contributed by atoms with Crippen molar-refractivity contribution in [2.45, 2.75) is 12.6 Å². The minimum Gasteiger partial charge on any atom is -0.477 e. The van der Waals surface area contributed by atoms with E-state index in [0.717, 1.165) is 21.4 Å². The van der Waals surface area contributed by atoms with Gasteiger partial charge in [0.2, 0.25) is 0 Å². The molecule has 1 N–H and O–H groups in total. The molecule has 1 saturated heterocycles. The smallest absolute Gasteiger partial charge is 0.347 e. The van der Waals surface area contributed by atoms with Gasteiger partial charge in [0.1, 0.15) is 21.9 Å². The summed E-state index contributed by atoms with van der Waals surface area (Å²) in [4.78, 5) is 21.4. The summed E-state index contributed by atoms with van der Waals surface area (Å²) in [7, 11) is 0. The van der Waals surface area contributed by atoms with Crippen molar-refractivity contribution in [1.29, 1.82) is 0 Å². The number of pyridine rings is 1. The van der Waals surface area contributed by atoms with E-state index in [1.54, 1.807) is 6.20 Å². The number of halogens is 2. The lowest BCUT2D eigenvalue weighted by Gasteiger charge is -2.18. The van der Waals surface area contributed by atoms with E-state index in [0.29, 0.717) is 30.3 Å². The summed E-state index contributed by atoms with van der Waals surface area (Å²) >= 11 is 4.54. The molecule has 5 nitrogen and oxygen atoms in total. The van der Waals surface area contributed by atoms with Crippen molar-refractivity contribution in [2.24, 2.45) is 0 Å². The average molecular weight is 372 g/mol. The first-order valence-electron chi connectivity index (χ1n) is 6.28. The zero-order valence-electron chi connectivity index (χ0n) is 10.8. The number of aromatic nitrogens is 2. The summed E-state index contributed by atoms with van der Waals surface area (Å²) < 4.78 is 14.0. The summed E-state index contributed by atoms with van der Waals surface area (Å²) in [6, 6.07) is 1.83. The van der Waals surface area contributed by atoms with Gasteiger partial charge in [0.25, 0.3) is 0 Å². The van der Waals surface area contributed by atoms with Gasteiger partial charge in [-0.3, -0.25) is 0 Å². The first kappa shape index (κ1) is 14.4. The van der Waals surface area contributed by atoms with Crippen LogP contribution in [0, 0.1) is 0 Å². The second kappa shape index (κ2) is 5.69. The summed E-state index contributed by atoms with van der Waals surface area (Å²) in [5.74, 6) is -0.289. The summed E-state index contributed by atoms with van der Waals surface area (Å²) in [5, 5.41) is 9.51. The topological polar surface area (TPSA) is 66.3 Å². The summed E-state index contributed by atoms with van der Waals surface area (Å²) in [6.07, 6.45) is 2.68. The molecule has 0 saturated carbocycles. The van der Waals surface area contributed by atoms with Gasteiger partial charge >= 0.3 is 5.97 Å². The van der Waals surface area contributed by atoms with Gasteiger partial charge in [0.05, 0.1) is 17.2 Å². The molecule has 8 heteroatoms. The molecule has 0 amide bonds. The van der Waals surface area contributed by atoms with Crippen molar-refractivity contribution in [2.75, 3.05) is 18.0 Å². The Kier molecular flexibility index (Phi) is 3.90. The highest BCUT2D eigenvalue weighted by molar-refractivity contribution is 9.10. The van der Waals surface area contributed by atoms with Gasteiger partial charge < -0.3 is 10.0 Å². The number of rotatable bonds is 3. The minimum absolute atomic E-state index is 0.185. The fraction of sp³-hybridized carbons (Fsp3) is 0.308. The first-order valence-corrected chi connectivity index (χ1v) is 7.89. The highest BCUT2D eigenvalue weighted by atomic mass is 79.9. The van der Waals surface area contributed by atoms with Gasteiger partial charge in [0, 0.05) is 18.3 Å². The van der Waals surface area contributed by atoms with Crippen LogP contribution in [0.3, 0.4) is 0 Å². The molecule has 2 aromatic heterocycles. The maximum absolute atomic E-state index is 13.3. The highest BCUT2D eigenvalue weighted by Crippen LogP contribution is 2.32. The Bertz CT molecular complexity index is 694. The zero-order valence-corrected chi connectivity index (χ0v) is 13.2. The SMILES string of the molecule is O=C(O)c1cnc(-c2cnc(N3CC[C@@H](F)C3)c(Br)c2)s1. The molecule has 1 atom stereocenters. The minimum atomic E-state index is -0.992. The number of carboxylic acids is 1. The molecule has 2 aromatic rings. The number of carboxylic acid groups (broad SMARTS) is 1. The third kappa shape index (κ3) is 2.91. The number of anilines is 1. The Balaban J connectivity index is 1.88. The third-order valence-corrected chi connectivity index (χ3v) is 4.83. The van der Waals surface area contributed by atoms with Crippen LogP contribution in [0.25, 0.3) is 10.6 Å². The molecular weight excluding hydrogens is 361 g/mol. The molecule has 21 heavy (non-hydrogen) atoms. The molecule has 3 heterocycles. The summed E-state index contributed by atoms with van der Waals surface area (Å²) in [5.41, 5.74) is 0.735. The van der Waals surface area contributed by atoms with Gasteiger partial charge in [-0.15, -0.1) is 11.3 Å². The molecule has 1 aliphatic heterocycles. The second-order valence-electron chi connectivity index (χ2n) is 4.70. The number of hydrogen-bond donors (Lipinski definition) is 1. The molecule has 0 aliphatic carbocycles. The Morgan fingerprint density at radius 3 is 2.86 bits per heavy atom. The Morgan fingerprint density at radius 1 is 1.48 bits per heavy atom. The van der Waals surface area contributed by atoms with E-state index >= 15 is 0 Å². The van der Waals surface area contributed by atoms with Gasteiger partial charge in [-0.25, -0.2) is 19.2 Å². The lowest BCUT2D eigenvalue weighted by molar-refractivity contribution is 0.0702. The fourth-order valence-corrected chi connectivity index (χ4v) is 3.53. The van der Waals surface area contributed by atoms with Crippen LogP contribution in [0.4, 0.5) is 10.2 Å². The van der Waals surface area contributed by atoms with Crippen molar-refractivity contribution < 1.29 is 14.3 Å². The molecule has 0 bridgehead atoms. The predicted molar refractivity (Wildman–Crippen MR) is 81.7 cm³/mol. The van der Waals surface area contributed by atoms with Crippen molar-refractivity contribution in [3.8, 4) is 10.6 Å². The van der Waals surface area contributed by atoms with Crippen molar-refractivity contribution in [1.82, 2.24) is 9.97 Å². The molecule has 0 spiro atoms. The molecule has 0 unspecified atom stereocenters. The number of alkyl halides is 1. The van der Waals surface area contributed by atoms with E-state index in [1.807, 2.05) is 11.0 Å². The molecule has 1 aliphatic rings. The number of thiazole rings is 1. The normalized spacial score (nSPS) is 18.2. The molecule has 3 rings (SSSR count). The van der Waals surface area contributed by atoms with E-state index < -0.39 is 12.1 Å². The molecule has 0 aromatic carbocycles. The first-order chi connectivity index (χ1) is 10.0. The van der Waals surface area contributed by atoms with E-state index in [9.17, 15) is 9.18 Å². The quantitative estimate of drug-likeness (QED) is 0.896. The van der Waals surface area contributed by atoms with Crippen LogP contribution < -0.4 is 4.90 Å². The van der Waals surface area contributed by atoms with E-state index in [1.165, 1.54) is 6.20 Å². The van der Waals surface area contributed by atoms with Crippen LogP contribution in [0.5, 0.6) is 0 Å². The maximum atomic E-state index is 13.3. The van der Waals surface area contributed by atoms with Gasteiger partial charge in [-0.1, -0.05) is 0 Å². The molecular formula is C13H11BrFN3O2S. The Labute approximate surface area is 132 Å². The molecule has 110 valence electrons. The number of carbonyl (C=O) groups is 1. The average Bonchev–Trinajstić information content (AvgIpc) is 3.07. The van der Waals surface area contributed by atoms with Crippen LogP contribution in [0.2, 0.25) is 0 Å².